The Hall–Kier alpha value is -1.79. The van der Waals surface area contributed by atoms with Crippen LogP contribution in [0.25, 0.3) is 0 Å². The van der Waals surface area contributed by atoms with Gasteiger partial charge < -0.3 is 10.2 Å². The summed E-state index contributed by atoms with van der Waals surface area (Å²) in [7, 11) is 0. The fourth-order valence-corrected chi connectivity index (χ4v) is 1.21. The van der Waals surface area contributed by atoms with E-state index in [1.807, 2.05) is 0 Å². The van der Waals surface area contributed by atoms with Gasteiger partial charge >= 0.3 is 0 Å². The summed E-state index contributed by atoms with van der Waals surface area (Å²) >= 11 is 0. The Kier molecular flexibility index (Phi) is 4.10. The molecule has 0 spiro atoms. The second-order valence-electron chi connectivity index (χ2n) is 3.23. The zero-order valence-electron chi connectivity index (χ0n) is 8.37. The number of aliphatic hydroxyl groups excluding tert-OH is 2. The van der Waals surface area contributed by atoms with Gasteiger partial charge in [0.05, 0.1) is 24.1 Å². The van der Waals surface area contributed by atoms with Gasteiger partial charge in [-0.2, -0.15) is 0 Å². The van der Waals surface area contributed by atoms with Crippen LogP contribution in [-0.2, 0) is 0 Å². The van der Waals surface area contributed by atoms with Crippen LogP contribution in [0.5, 0.6) is 0 Å². The summed E-state index contributed by atoms with van der Waals surface area (Å²) in [6.07, 6.45) is 0. The van der Waals surface area contributed by atoms with E-state index in [2.05, 4.69) is 0 Å². The molecule has 0 aliphatic rings. The molecule has 0 heterocycles. The molecule has 0 saturated heterocycles. The molecule has 86 valence electrons. The van der Waals surface area contributed by atoms with Crippen LogP contribution in [0.3, 0.4) is 0 Å². The molecular weight excluding hydrogens is 214 g/mol. The van der Waals surface area contributed by atoms with Crippen molar-refractivity contribution in [2.75, 3.05) is 13.2 Å². The maximum Gasteiger partial charge on any atom is 0.269 e. The highest BCUT2D eigenvalue weighted by Gasteiger charge is 2.18. The van der Waals surface area contributed by atoms with Gasteiger partial charge in [-0.15, -0.1) is 0 Å². The highest BCUT2D eigenvalue weighted by Crippen LogP contribution is 2.14. The molecule has 0 fully saturated rings. The first-order chi connectivity index (χ1) is 7.60. The lowest BCUT2D eigenvalue weighted by atomic mass is 9.99. The second-order valence-corrected chi connectivity index (χ2v) is 3.23. The molecule has 2 N–H and O–H groups in total. The fraction of sp³-hybridized carbons (Fsp3) is 0.300. The summed E-state index contributed by atoms with van der Waals surface area (Å²) in [5.74, 6) is -1.30. The van der Waals surface area contributed by atoms with Gasteiger partial charge in [-0.3, -0.25) is 14.9 Å². The molecule has 0 aromatic heterocycles. The minimum atomic E-state index is -0.874. The predicted octanol–water partition coefficient (Wildman–Crippen LogP) is 0.378. The fourth-order valence-electron chi connectivity index (χ4n) is 1.21. The SMILES string of the molecule is O=C(c1ccc([N+](=O)[O-])cc1)C(CO)CO. The number of ketones is 1. The number of nitro benzene ring substituents is 1. The molecule has 0 unspecified atom stereocenters. The third-order valence-electron chi connectivity index (χ3n) is 2.17. The van der Waals surface area contributed by atoms with Crippen LogP contribution in [0, 0.1) is 16.0 Å². The molecule has 0 bridgehead atoms. The molecule has 0 atom stereocenters. The molecule has 6 nitrogen and oxygen atoms in total. The average Bonchev–Trinajstić information content (AvgIpc) is 2.30. The van der Waals surface area contributed by atoms with E-state index >= 15 is 0 Å². The molecule has 0 aliphatic heterocycles. The van der Waals surface area contributed by atoms with Gasteiger partial charge in [-0.25, -0.2) is 0 Å². The minimum absolute atomic E-state index is 0.110. The maximum atomic E-state index is 11.6. The van der Waals surface area contributed by atoms with Gasteiger partial charge in [0.2, 0.25) is 0 Å². The first-order valence-corrected chi connectivity index (χ1v) is 4.60. The van der Waals surface area contributed by atoms with E-state index in [1.165, 1.54) is 24.3 Å². The van der Waals surface area contributed by atoms with Crippen molar-refractivity contribution in [2.45, 2.75) is 0 Å². The number of hydrogen-bond acceptors (Lipinski definition) is 5. The Bertz CT molecular complexity index is 383. The summed E-state index contributed by atoms with van der Waals surface area (Å²) in [6, 6.07) is 5.02. The Balaban J connectivity index is 2.89. The third-order valence-corrected chi connectivity index (χ3v) is 2.17. The van der Waals surface area contributed by atoms with Gasteiger partial charge in [0, 0.05) is 17.7 Å². The van der Waals surface area contributed by atoms with E-state index in [0.29, 0.717) is 0 Å². The average molecular weight is 225 g/mol. The number of hydrogen-bond donors (Lipinski definition) is 2. The van der Waals surface area contributed by atoms with Crippen LogP contribution in [0.1, 0.15) is 10.4 Å². The van der Waals surface area contributed by atoms with Gasteiger partial charge in [0.25, 0.3) is 5.69 Å². The van der Waals surface area contributed by atoms with Crippen molar-refractivity contribution >= 4 is 11.5 Å². The third kappa shape index (κ3) is 2.62. The lowest BCUT2D eigenvalue weighted by Gasteiger charge is -2.08. The molecule has 0 saturated carbocycles. The van der Waals surface area contributed by atoms with Crippen LogP contribution < -0.4 is 0 Å². The number of nitro groups is 1. The lowest BCUT2D eigenvalue weighted by Crippen LogP contribution is -2.22. The molecule has 16 heavy (non-hydrogen) atoms. The van der Waals surface area contributed by atoms with Crippen molar-refractivity contribution in [2.24, 2.45) is 5.92 Å². The zero-order chi connectivity index (χ0) is 12.1. The Labute approximate surface area is 91.3 Å². The number of aliphatic hydroxyl groups is 2. The number of benzene rings is 1. The van der Waals surface area contributed by atoms with Crippen LogP contribution in [0.4, 0.5) is 5.69 Å². The van der Waals surface area contributed by atoms with Crippen molar-refractivity contribution in [3.8, 4) is 0 Å². The number of carbonyl (C=O) groups excluding carboxylic acids is 1. The van der Waals surface area contributed by atoms with Crippen molar-refractivity contribution in [3.05, 3.63) is 39.9 Å². The van der Waals surface area contributed by atoms with Gasteiger partial charge in [0.15, 0.2) is 5.78 Å². The van der Waals surface area contributed by atoms with Crippen molar-refractivity contribution < 1.29 is 19.9 Å². The number of Topliss-reactive ketones (excluding diaryl/α,β-unsaturated/α-hetero) is 1. The lowest BCUT2D eigenvalue weighted by molar-refractivity contribution is -0.384. The van der Waals surface area contributed by atoms with Crippen LogP contribution in [-0.4, -0.2) is 34.1 Å². The largest absolute Gasteiger partial charge is 0.396 e. The number of rotatable bonds is 5. The first kappa shape index (κ1) is 12.3. The van der Waals surface area contributed by atoms with E-state index in [4.69, 9.17) is 10.2 Å². The van der Waals surface area contributed by atoms with E-state index in [9.17, 15) is 14.9 Å². The van der Waals surface area contributed by atoms with Crippen molar-refractivity contribution in [1.82, 2.24) is 0 Å². The Morgan fingerprint density at radius 2 is 1.75 bits per heavy atom. The molecule has 0 radical (unpaired) electrons. The minimum Gasteiger partial charge on any atom is -0.396 e. The molecule has 6 heteroatoms. The Morgan fingerprint density at radius 3 is 2.12 bits per heavy atom. The smallest absolute Gasteiger partial charge is 0.269 e. The first-order valence-electron chi connectivity index (χ1n) is 4.60. The standard InChI is InChI=1S/C10H11NO5/c12-5-8(6-13)10(14)7-1-3-9(4-2-7)11(15)16/h1-4,8,12-13H,5-6H2. The van der Waals surface area contributed by atoms with E-state index in [-0.39, 0.29) is 11.3 Å². The van der Waals surface area contributed by atoms with Gasteiger partial charge in [-0.1, -0.05) is 0 Å². The van der Waals surface area contributed by atoms with E-state index < -0.39 is 29.8 Å². The summed E-state index contributed by atoms with van der Waals surface area (Å²) in [6.45, 7) is -0.904. The van der Waals surface area contributed by atoms with Gasteiger partial charge in [-0.05, 0) is 12.1 Å². The molecular formula is C10H11NO5. The zero-order valence-corrected chi connectivity index (χ0v) is 8.37. The van der Waals surface area contributed by atoms with Crippen LogP contribution in [0.2, 0.25) is 0 Å². The molecule has 0 amide bonds. The quantitative estimate of drug-likeness (QED) is 0.428. The summed E-state index contributed by atoms with van der Waals surface area (Å²) in [5, 5.41) is 28.0. The van der Waals surface area contributed by atoms with Crippen LogP contribution in [0.15, 0.2) is 24.3 Å². The summed E-state index contributed by atoms with van der Waals surface area (Å²) < 4.78 is 0. The normalized spacial score (nSPS) is 10.4. The second kappa shape index (κ2) is 5.34. The molecule has 1 aromatic carbocycles. The van der Waals surface area contributed by atoms with E-state index in [0.717, 1.165) is 0 Å². The molecule has 1 rings (SSSR count). The molecule has 1 aromatic rings. The number of carbonyl (C=O) groups is 1. The van der Waals surface area contributed by atoms with Crippen molar-refractivity contribution in [1.29, 1.82) is 0 Å². The topological polar surface area (TPSA) is 101 Å². The summed E-state index contributed by atoms with van der Waals surface area (Å²) in [5.41, 5.74) is 0.125. The van der Waals surface area contributed by atoms with Gasteiger partial charge in [0.1, 0.15) is 0 Å². The highest BCUT2D eigenvalue weighted by molar-refractivity contribution is 5.98. The monoisotopic (exact) mass is 225 g/mol. The number of nitrogens with zero attached hydrogens (tertiary/aromatic N) is 1. The highest BCUT2D eigenvalue weighted by atomic mass is 16.6. The van der Waals surface area contributed by atoms with E-state index in [1.54, 1.807) is 0 Å². The predicted molar refractivity (Wildman–Crippen MR) is 55.1 cm³/mol. The van der Waals surface area contributed by atoms with Crippen LogP contribution >= 0.6 is 0 Å². The number of non-ortho nitro benzene ring substituents is 1. The molecule has 0 aliphatic carbocycles. The summed E-state index contributed by atoms with van der Waals surface area (Å²) in [4.78, 5) is 21.4. The van der Waals surface area contributed by atoms with Crippen molar-refractivity contribution in [3.63, 3.8) is 0 Å². The maximum absolute atomic E-state index is 11.6. The Morgan fingerprint density at radius 1 is 1.25 bits per heavy atom.